The number of non-ortho nitro benzene ring substituents is 1. The number of hydrogen-bond acceptors (Lipinski definition) is 8. The standard InChI is InChI=1S/C9H6N4O3S3/c14-6-3-4(13(15)16)1-2-5(6)11-12-8-7(17)10-9(18)19-8/h1-3,8,14H,(H,10,17,18). The molecular formula is C9H6N4O3S3. The molecule has 1 aromatic rings. The monoisotopic (exact) mass is 314 g/mol. The van der Waals surface area contributed by atoms with E-state index in [2.05, 4.69) is 15.5 Å². The number of nitro groups is 1. The molecular weight excluding hydrogens is 308 g/mol. The summed E-state index contributed by atoms with van der Waals surface area (Å²) in [7, 11) is 0. The van der Waals surface area contributed by atoms with Gasteiger partial charge in [-0.1, -0.05) is 36.2 Å². The summed E-state index contributed by atoms with van der Waals surface area (Å²) in [5, 5.41) is 30.2. The van der Waals surface area contributed by atoms with Crippen LogP contribution in [0.3, 0.4) is 0 Å². The molecule has 0 spiro atoms. The van der Waals surface area contributed by atoms with E-state index in [-0.39, 0.29) is 17.1 Å². The molecule has 0 bridgehead atoms. The van der Waals surface area contributed by atoms with Gasteiger partial charge >= 0.3 is 0 Å². The van der Waals surface area contributed by atoms with Crippen LogP contribution < -0.4 is 5.32 Å². The van der Waals surface area contributed by atoms with Crippen LogP contribution in [-0.4, -0.2) is 24.7 Å². The minimum Gasteiger partial charge on any atom is -0.505 e. The van der Waals surface area contributed by atoms with Crippen LogP contribution in [0.4, 0.5) is 11.4 Å². The van der Waals surface area contributed by atoms with Crippen LogP contribution in [0.25, 0.3) is 0 Å². The summed E-state index contributed by atoms with van der Waals surface area (Å²) < 4.78 is 0.516. The van der Waals surface area contributed by atoms with Crippen molar-refractivity contribution in [3.63, 3.8) is 0 Å². The molecule has 1 unspecified atom stereocenters. The predicted octanol–water partition coefficient (Wildman–Crippen LogP) is 2.66. The molecule has 1 heterocycles. The van der Waals surface area contributed by atoms with Crippen molar-refractivity contribution in [2.75, 3.05) is 0 Å². The van der Waals surface area contributed by atoms with Crippen molar-refractivity contribution in [3.8, 4) is 5.75 Å². The normalized spacial score (nSPS) is 18.8. The fourth-order valence-corrected chi connectivity index (χ4v) is 2.69. The third-order valence-electron chi connectivity index (χ3n) is 2.11. The Morgan fingerprint density at radius 3 is 2.74 bits per heavy atom. The summed E-state index contributed by atoms with van der Waals surface area (Å²) in [6.07, 6.45) is 0. The molecule has 1 saturated heterocycles. The van der Waals surface area contributed by atoms with Crippen LogP contribution in [0.5, 0.6) is 5.75 Å². The number of nitrogens with zero attached hydrogens (tertiary/aromatic N) is 3. The number of nitro benzene ring substituents is 1. The van der Waals surface area contributed by atoms with E-state index >= 15 is 0 Å². The highest BCUT2D eigenvalue weighted by atomic mass is 32.2. The smallest absolute Gasteiger partial charge is 0.273 e. The first kappa shape index (κ1) is 13.8. The fraction of sp³-hybridized carbons (Fsp3) is 0.111. The van der Waals surface area contributed by atoms with E-state index in [0.717, 1.165) is 6.07 Å². The average molecular weight is 314 g/mol. The molecule has 10 heteroatoms. The molecule has 1 aromatic carbocycles. The second-order valence-corrected chi connectivity index (χ2v) is 5.59. The van der Waals surface area contributed by atoms with Gasteiger partial charge in [-0.25, -0.2) is 0 Å². The van der Waals surface area contributed by atoms with Crippen LogP contribution >= 0.6 is 36.2 Å². The summed E-state index contributed by atoms with van der Waals surface area (Å²) in [6, 6.07) is 3.56. The van der Waals surface area contributed by atoms with Gasteiger partial charge in [0.05, 0.1) is 11.0 Å². The second-order valence-electron chi connectivity index (χ2n) is 3.39. The molecule has 0 saturated carbocycles. The van der Waals surface area contributed by atoms with Gasteiger partial charge in [-0.3, -0.25) is 10.1 Å². The molecule has 1 aliphatic rings. The predicted molar refractivity (Wildman–Crippen MR) is 79.0 cm³/mol. The molecule has 19 heavy (non-hydrogen) atoms. The summed E-state index contributed by atoms with van der Waals surface area (Å²) in [5.41, 5.74) is -0.0862. The van der Waals surface area contributed by atoms with Gasteiger partial charge < -0.3 is 10.4 Å². The maximum absolute atomic E-state index is 10.5. The fourth-order valence-electron chi connectivity index (χ4n) is 1.25. The van der Waals surface area contributed by atoms with E-state index in [1.165, 1.54) is 23.9 Å². The van der Waals surface area contributed by atoms with Gasteiger partial charge in [-0.2, -0.15) is 10.2 Å². The zero-order valence-corrected chi connectivity index (χ0v) is 11.6. The lowest BCUT2D eigenvalue weighted by molar-refractivity contribution is -0.384. The molecule has 0 amide bonds. The SMILES string of the molecule is O=[N+]([O-])c1ccc(N=NC2SC(=S)NC2=S)c(O)c1. The number of thioether (sulfide) groups is 1. The third kappa shape index (κ3) is 3.22. The number of phenolic OH excluding ortho intramolecular Hbond substituents is 1. The van der Waals surface area contributed by atoms with Crippen molar-refractivity contribution in [2.45, 2.75) is 5.37 Å². The Kier molecular flexibility index (Phi) is 4.02. The minimum absolute atomic E-state index is 0.131. The van der Waals surface area contributed by atoms with Gasteiger partial charge in [-0.15, -0.1) is 0 Å². The average Bonchev–Trinajstić information content (AvgIpc) is 2.66. The molecule has 1 atom stereocenters. The number of nitrogens with one attached hydrogen (secondary N) is 1. The third-order valence-corrected chi connectivity index (χ3v) is 3.84. The summed E-state index contributed by atoms with van der Waals surface area (Å²) in [6.45, 7) is 0. The van der Waals surface area contributed by atoms with Gasteiger partial charge in [0.25, 0.3) is 5.69 Å². The van der Waals surface area contributed by atoms with Crippen molar-refractivity contribution in [1.82, 2.24) is 5.32 Å². The van der Waals surface area contributed by atoms with Gasteiger partial charge in [0, 0.05) is 6.07 Å². The van der Waals surface area contributed by atoms with Gasteiger partial charge in [0.2, 0.25) is 0 Å². The number of benzene rings is 1. The molecule has 1 fully saturated rings. The van der Waals surface area contributed by atoms with E-state index < -0.39 is 10.3 Å². The van der Waals surface area contributed by atoms with Crippen LogP contribution in [0.2, 0.25) is 0 Å². The van der Waals surface area contributed by atoms with Crippen LogP contribution in [-0.2, 0) is 0 Å². The number of aromatic hydroxyl groups is 1. The van der Waals surface area contributed by atoms with Crippen LogP contribution in [0.15, 0.2) is 28.4 Å². The molecule has 7 nitrogen and oxygen atoms in total. The highest BCUT2D eigenvalue weighted by molar-refractivity contribution is 8.25. The van der Waals surface area contributed by atoms with E-state index in [4.69, 9.17) is 24.4 Å². The molecule has 0 radical (unpaired) electrons. The van der Waals surface area contributed by atoms with Crippen molar-refractivity contribution < 1.29 is 10.0 Å². The molecule has 98 valence electrons. The number of rotatable bonds is 3. The lowest BCUT2D eigenvalue weighted by Crippen LogP contribution is -2.20. The number of phenols is 1. The number of azo groups is 1. The lowest BCUT2D eigenvalue weighted by Gasteiger charge is -2.00. The van der Waals surface area contributed by atoms with Crippen molar-refractivity contribution in [3.05, 3.63) is 28.3 Å². The Balaban J connectivity index is 2.17. The summed E-state index contributed by atoms with van der Waals surface area (Å²) in [5.74, 6) is -0.317. The number of hydrogen-bond donors (Lipinski definition) is 2. The van der Waals surface area contributed by atoms with E-state index in [1.54, 1.807) is 0 Å². The van der Waals surface area contributed by atoms with Crippen LogP contribution in [0.1, 0.15) is 0 Å². The topological polar surface area (TPSA) is 100 Å². The highest BCUT2D eigenvalue weighted by Gasteiger charge is 2.25. The zero-order chi connectivity index (χ0) is 14.0. The Labute approximate surface area is 122 Å². The summed E-state index contributed by atoms with van der Waals surface area (Å²) in [4.78, 5) is 10.3. The first-order valence-electron chi connectivity index (χ1n) is 4.87. The van der Waals surface area contributed by atoms with Crippen molar-refractivity contribution >= 4 is 56.9 Å². The quantitative estimate of drug-likeness (QED) is 0.383. The Morgan fingerprint density at radius 1 is 1.47 bits per heavy atom. The zero-order valence-electron chi connectivity index (χ0n) is 9.14. The van der Waals surface area contributed by atoms with Gasteiger partial charge in [-0.05, 0) is 6.07 Å². The molecule has 0 aromatic heterocycles. The highest BCUT2D eigenvalue weighted by Crippen LogP contribution is 2.32. The molecule has 0 aliphatic carbocycles. The molecule has 2 N–H and O–H groups in total. The minimum atomic E-state index is -0.606. The van der Waals surface area contributed by atoms with Crippen LogP contribution in [0, 0.1) is 10.1 Å². The Morgan fingerprint density at radius 2 is 2.21 bits per heavy atom. The maximum Gasteiger partial charge on any atom is 0.273 e. The number of thiocarbonyl (C=S) groups is 2. The summed E-state index contributed by atoms with van der Waals surface area (Å²) >= 11 is 11.1. The largest absolute Gasteiger partial charge is 0.505 e. The van der Waals surface area contributed by atoms with E-state index in [1.807, 2.05) is 0 Å². The van der Waals surface area contributed by atoms with E-state index in [0.29, 0.717) is 9.31 Å². The first-order chi connectivity index (χ1) is 8.97. The molecule has 1 aliphatic heterocycles. The Bertz CT molecular complexity index is 604. The maximum atomic E-state index is 10.5. The molecule has 2 rings (SSSR count). The van der Waals surface area contributed by atoms with Gasteiger partial charge in [0.1, 0.15) is 20.7 Å². The van der Waals surface area contributed by atoms with E-state index in [9.17, 15) is 15.2 Å². The second kappa shape index (κ2) is 5.55. The lowest BCUT2D eigenvalue weighted by atomic mass is 10.2. The van der Waals surface area contributed by atoms with Crippen molar-refractivity contribution in [2.24, 2.45) is 10.2 Å². The Hall–Kier alpha value is -1.65. The van der Waals surface area contributed by atoms with Crippen molar-refractivity contribution in [1.29, 1.82) is 0 Å². The van der Waals surface area contributed by atoms with Gasteiger partial charge in [0.15, 0.2) is 5.37 Å². The first-order valence-corrected chi connectivity index (χ1v) is 6.57.